The number of carbonyl (C=O) groups is 2. The zero-order valence-electron chi connectivity index (χ0n) is 18.3. The van der Waals surface area contributed by atoms with Crippen LogP contribution in [0.5, 0.6) is 5.75 Å². The first kappa shape index (κ1) is 25.5. The third-order valence-corrected chi connectivity index (χ3v) is 5.30. The van der Waals surface area contributed by atoms with Crippen molar-refractivity contribution in [2.24, 2.45) is 0 Å². The number of aliphatic hydroxyl groups is 1. The van der Waals surface area contributed by atoms with Gasteiger partial charge in [0.15, 0.2) is 0 Å². The van der Waals surface area contributed by atoms with Crippen molar-refractivity contribution in [2.75, 3.05) is 32.9 Å². The smallest absolute Gasteiger partial charge is 0.416 e. The zero-order chi connectivity index (χ0) is 24.7. The summed E-state index contributed by atoms with van der Waals surface area (Å²) >= 11 is 0. The van der Waals surface area contributed by atoms with Gasteiger partial charge in [0, 0.05) is 31.7 Å². The second-order valence-corrected chi connectivity index (χ2v) is 7.90. The van der Waals surface area contributed by atoms with E-state index in [0.29, 0.717) is 30.9 Å². The summed E-state index contributed by atoms with van der Waals surface area (Å²) in [5.74, 6) is -1.48. The Hall–Kier alpha value is -3.15. The molecular weight excluding hydrogens is 455 g/mol. The molecule has 1 aliphatic heterocycles. The summed E-state index contributed by atoms with van der Waals surface area (Å²) in [5.41, 5.74) is 0.448. The maximum atomic E-state index is 12.7. The molecule has 2 aromatic rings. The highest BCUT2D eigenvalue weighted by molar-refractivity contribution is 5.98. The lowest BCUT2D eigenvalue weighted by atomic mass is 10.1. The minimum Gasteiger partial charge on any atom is -0.508 e. The summed E-state index contributed by atoms with van der Waals surface area (Å²) in [7, 11) is 0. The average molecular weight is 481 g/mol. The number of phenolic OH excluding ortho intramolecular Hbond substituents is 1. The molecule has 0 bridgehead atoms. The van der Waals surface area contributed by atoms with Crippen molar-refractivity contribution in [3.63, 3.8) is 0 Å². The number of hydrogen-bond acceptors (Lipinski definition) is 6. The number of hydrogen-bond donors (Lipinski definition) is 4. The first-order chi connectivity index (χ1) is 16.2. The first-order valence-electron chi connectivity index (χ1n) is 10.6. The number of alkyl halides is 3. The SMILES string of the molecule is O=C(N[C@@H](CO)C(=O)NCc1ccc(C(F)(F)F)cc1)c1cc(O)cc(CN2CCOCC2)c1. The molecule has 184 valence electrons. The van der Waals surface area contributed by atoms with Gasteiger partial charge in [0.05, 0.1) is 25.4 Å². The van der Waals surface area contributed by atoms with Crippen LogP contribution in [0.25, 0.3) is 0 Å². The maximum Gasteiger partial charge on any atom is 0.416 e. The lowest BCUT2D eigenvalue weighted by molar-refractivity contribution is -0.137. The van der Waals surface area contributed by atoms with Crippen molar-refractivity contribution < 1.29 is 37.7 Å². The number of carbonyl (C=O) groups excluding carboxylic acids is 2. The molecule has 0 aromatic heterocycles. The van der Waals surface area contributed by atoms with Gasteiger partial charge in [-0.2, -0.15) is 13.2 Å². The second-order valence-electron chi connectivity index (χ2n) is 7.90. The largest absolute Gasteiger partial charge is 0.508 e. The molecule has 1 aliphatic rings. The van der Waals surface area contributed by atoms with Crippen molar-refractivity contribution in [3.05, 3.63) is 64.7 Å². The highest BCUT2D eigenvalue weighted by atomic mass is 19.4. The van der Waals surface area contributed by atoms with E-state index in [1.807, 2.05) is 0 Å². The Balaban J connectivity index is 1.58. The molecule has 8 nitrogen and oxygen atoms in total. The second kappa shape index (κ2) is 11.3. The Morgan fingerprint density at radius 3 is 2.35 bits per heavy atom. The fourth-order valence-electron chi connectivity index (χ4n) is 3.47. The van der Waals surface area contributed by atoms with E-state index >= 15 is 0 Å². The highest BCUT2D eigenvalue weighted by Gasteiger charge is 2.30. The lowest BCUT2D eigenvalue weighted by Crippen LogP contribution is -2.48. The van der Waals surface area contributed by atoms with Gasteiger partial charge >= 0.3 is 6.18 Å². The Morgan fingerprint density at radius 2 is 1.74 bits per heavy atom. The van der Waals surface area contributed by atoms with E-state index in [1.54, 1.807) is 12.1 Å². The van der Waals surface area contributed by atoms with Gasteiger partial charge in [-0.05, 0) is 41.5 Å². The minimum absolute atomic E-state index is 0.0842. The van der Waals surface area contributed by atoms with Crippen LogP contribution in [0.1, 0.15) is 27.0 Å². The summed E-state index contributed by atoms with van der Waals surface area (Å²) in [4.78, 5) is 27.2. The predicted molar refractivity (Wildman–Crippen MR) is 116 cm³/mol. The number of nitrogens with one attached hydrogen (secondary N) is 2. The number of phenols is 1. The fourth-order valence-corrected chi connectivity index (χ4v) is 3.47. The van der Waals surface area contributed by atoms with Gasteiger partial charge in [-0.1, -0.05) is 12.1 Å². The summed E-state index contributed by atoms with van der Waals surface area (Å²) in [6.45, 7) is 2.39. The average Bonchev–Trinajstić information content (AvgIpc) is 2.80. The van der Waals surface area contributed by atoms with Crippen molar-refractivity contribution >= 4 is 11.8 Å². The molecule has 11 heteroatoms. The van der Waals surface area contributed by atoms with E-state index in [-0.39, 0.29) is 17.9 Å². The van der Waals surface area contributed by atoms with Crippen molar-refractivity contribution in [2.45, 2.75) is 25.3 Å². The van der Waals surface area contributed by atoms with Crippen molar-refractivity contribution in [3.8, 4) is 5.75 Å². The summed E-state index contributed by atoms with van der Waals surface area (Å²) in [6, 6.07) is 7.40. The maximum absolute atomic E-state index is 12.7. The van der Waals surface area contributed by atoms with Crippen LogP contribution in [0.3, 0.4) is 0 Å². The molecule has 0 spiro atoms. The normalized spacial score (nSPS) is 15.5. The number of aromatic hydroxyl groups is 1. The quantitative estimate of drug-likeness (QED) is 0.457. The van der Waals surface area contributed by atoms with Crippen LogP contribution >= 0.6 is 0 Å². The van der Waals surface area contributed by atoms with Crippen LogP contribution in [0.2, 0.25) is 0 Å². The molecule has 1 atom stereocenters. The van der Waals surface area contributed by atoms with E-state index in [0.717, 1.165) is 25.2 Å². The van der Waals surface area contributed by atoms with E-state index in [1.165, 1.54) is 18.2 Å². The molecular formula is C23H26F3N3O5. The van der Waals surface area contributed by atoms with E-state index in [2.05, 4.69) is 15.5 Å². The lowest BCUT2D eigenvalue weighted by Gasteiger charge is -2.26. The number of benzene rings is 2. The molecule has 4 N–H and O–H groups in total. The number of ether oxygens (including phenoxy) is 1. The van der Waals surface area contributed by atoms with E-state index in [4.69, 9.17) is 4.74 Å². The Bertz CT molecular complexity index is 992. The van der Waals surface area contributed by atoms with Crippen molar-refractivity contribution in [1.82, 2.24) is 15.5 Å². The first-order valence-corrected chi connectivity index (χ1v) is 10.6. The van der Waals surface area contributed by atoms with Crippen molar-refractivity contribution in [1.29, 1.82) is 0 Å². The molecule has 0 saturated carbocycles. The summed E-state index contributed by atoms with van der Waals surface area (Å²) < 4.78 is 43.3. The van der Waals surface area contributed by atoms with E-state index < -0.39 is 36.2 Å². The number of nitrogens with zero attached hydrogens (tertiary/aromatic N) is 1. The van der Waals surface area contributed by atoms with Crippen LogP contribution in [-0.2, 0) is 28.8 Å². The molecule has 34 heavy (non-hydrogen) atoms. The molecule has 1 saturated heterocycles. The van der Waals surface area contributed by atoms with Crippen LogP contribution in [0.15, 0.2) is 42.5 Å². The Labute approximate surface area is 194 Å². The number of amides is 2. The third-order valence-electron chi connectivity index (χ3n) is 5.30. The van der Waals surface area contributed by atoms with Gasteiger partial charge in [0.1, 0.15) is 11.8 Å². The number of halogens is 3. The molecule has 1 heterocycles. The molecule has 3 rings (SSSR count). The van der Waals surface area contributed by atoms with Gasteiger partial charge in [-0.25, -0.2) is 0 Å². The topological polar surface area (TPSA) is 111 Å². The monoisotopic (exact) mass is 481 g/mol. The highest BCUT2D eigenvalue weighted by Crippen LogP contribution is 2.29. The molecule has 1 fully saturated rings. The molecule has 2 amide bonds. The van der Waals surface area contributed by atoms with Gasteiger partial charge in [0.25, 0.3) is 5.91 Å². The standard InChI is InChI=1S/C23H26F3N3O5/c24-23(25,26)18-3-1-15(2-4-18)12-27-22(33)20(14-30)28-21(32)17-9-16(10-19(31)11-17)13-29-5-7-34-8-6-29/h1-4,9-11,20,30-31H,5-8,12-14H2,(H,27,33)(H,28,32)/t20-/m0/s1. The molecule has 2 aromatic carbocycles. The minimum atomic E-state index is -4.46. The number of aliphatic hydroxyl groups excluding tert-OH is 1. The van der Waals surface area contributed by atoms with E-state index in [9.17, 15) is 33.0 Å². The molecule has 0 radical (unpaired) electrons. The summed E-state index contributed by atoms with van der Waals surface area (Å²) in [5, 5.41) is 24.5. The number of rotatable bonds is 8. The Morgan fingerprint density at radius 1 is 1.06 bits per heavy atom. The zero-order valence-corrected chi connectivity index (χ0v) is 18.3. The Kier molecular flexibility index (Phi) is 8.48. The molecule has 0 unspecified atom stereocenters. The van der Waals surface area contributed by atoms with Gasteiger partial charge in [-0.3, -0.25) is 14.5 Å². The van der Waals surface area contributed by atoms with Crippen LogP contribution in [-0.4, -0.2) is 65.9 Å². The van der Waals surface area contributed by atoms with Crippen LogP contribution < -0.4 is 10.6 Å². The van der Waals surface area contributed by atoms with Gasteiger partial charge in [0.2, 0.25) is 5.91 Å². The predicted octanol–water partition coefficient (Wildman–Crippen LogP) is 1.65. The van der Waals surface area contributed by atoms with Gasteiger partial charge < -0.3 is 25.6 Å². The number of morpholine rings is 1. The third kappa shape index (κ3) is 7.17. The van der Waals surface area contributed by atoms with Crippen LogP contribution in [0, 0.1) is 0 Å². The van der Waals surface area contributed by atoms with Crippen LogP contribution in [0.4, 0.5) is 13.2 Å². The van der Waals surface area contributed by atoms with Gasteiger partial charge in [-0.15, -0.1) is 0 Å². The fraction of sp³-hybridized carbons (Fsp3) is 0.391. The molecule has 0 aliphatic carbocycles. The summed E-state index contributed by atoms with van der Waals surface area (Å²) in [6.07, 6.45) is -4.46.